The number of urea groups is 1. The number of methoxy groups -OCH3 is 1. The second-order valence-electron chi connectivity index (χ2n) is 4.20. The van der Waals surface area contributed by atoms with Crippen LogP contribution in [0.25, 0.3) is 0 Å². The summed E-state index contributed by atoms with van der Waals surface area (Å²) in [7, 11) is 1.61. The number of hydrogen-bond acceptors (Lipinski definition) is 3. The van der Waals surface area contributed by atoms with Gasteiger partial charge in [-0.3, -0.25) is 15.6 Å². The molecule has 0 fully saturated rings. The van der Waals surface area contributed by atoms with Crippen LogP contribution in [-0.2, 0) is 0 Å². The molecular formula is C13H20N4O2. The van der Waals surface area contributed by atoms with E-state index >= 15 is 0 Å². The summed E-state index contributed by atoms with van der Waals surface area (Å²) in [6, 6.07) is 3.32. The van der Waals surface area contributed by atoms with Crippen molar-refractivity contribution in [3.8, 4) is 5.75 Å². The Hall–Kier alpha value is -2.24. The van der Waals surface area contributed by atoms with E-state index in [1.807, 2.05) is 32.9 Å². The van der Waals surface area contributed by atoms with Crippen molar-refractivity contribution in [1.82, 2.24) is 5.32 Å². The van der Waals surface area contributed by atoms with Crippen LogP contribution in [0.4, 0.5) is 10.5 Å². The van der Waals surface area contributed by atoms with E-state index in [4.69, 9.17) is 15.9 Å². The van der Waals surface area contributed by atoms with Gasteiger partial charge in [0.1, 0.15) is 5.75 Å². The van der Waals surface area contributed by atoms with Gasteiger partial charge in [-0.2, -0.15) is 0 Å². The Balaban J connectivity index is 3.18. The van der Waals surface area contributed by atoms with Crippen LogP contribution in [0.1, 0.15) is 18.1 Å². The number of aryl methyl sites for hydroxylation is 2. The molecule has 0 aliphatic heterocycles. The lowest BCUT2D eigenvalue weighted by atomic mass is 10.1. The van der Waals surface area contributed by atoms with E-state index in [1.54, 1.807) is 12.0 Å². The number of anilines is 1. The summed E-state index contributed by atoms with van der Waals surface area (Å²) in [5.74, 6) is 0.383. The number of ether oxygens (including phenoxy) is 1. The highest BCUT2D eigenvalue weighted by Gasteiger charge is 2.19. The van der Waals surface area contributed by atoms with Gasteiger partial charge in [0, 0.05) is 6.54 Å². The molecule has 0 aliphatic rings. The molecule has 1 aromatic carbocycles. The predicted octanol–water partition coefficient (Wildman–Crippen LogP) is 1.74. The van der Waals surface area contributed by atoms with Crippen LogP contribution < -0.4 is 20.7 Å². The molecule has 0 atom stereocenters. The van der Waals surface area contributed by atoms with Crippen molar-refractivity contribution >= 4 is 17.7 Å². The second-order valence-corrected chi connectivity index (χ2v) is 4.20. The molecule has 0 unspecified atom stereocenters. The number of rotatable bonds is 3. The molecule has 0 aromatic heterocycles. The van der Waals surface area contributed by atoms with Gasteiger partial charge in [0.25, 0.3) is 0 Å². The quantitative estimate of drug-likeness (QED) is 0.573. The van der Waals surface area contributed by atoms with Crippen LogP contribution in [0.3, 0.4) is 0 Å². The fourth-order valence-corrected chi connectivity index (χ4v) is 2.05. The number of carbonyl (C=O) groups excluding carboxylic acids is 1. The summed E-state index contributed by atoms with van der Waals surface area (Å²) in [5, 5.41) is 9.42. The van der Waals surface area contributed by atoms with E-state index in [0.29, 0.717) is 6.54 Å². The molecule has 0 radical (unpaired) electrons. The van der Waals surface area contributed by atoms with Crippen LogP contribution in [0, 0.1) is 19.3 Å². The zero-order valence-corrected chi connectivity index (χ0v) is 11.7. The number of benzene rings is 1. The fourth-order valence-electron chi connectivity index (χ4n) is 2.05. The number of nitrogens with two attached hydrogens (primary N) is 1. The molecule has 0 heterocycles. The number of guanidine groups is 1. The molecule has 0 saturated heterocycles. The van der Waals surface area contributed by atoms with E-state index < -0.39 is 6.03 Å². The summed E-state index contributed by atoms with van der Waals surface area (Å²) in [6.07, 6.45) is 0. The number of nitrogens with zero attached hydrogens (tertiary/aromatic N) is 1. The molecule has 2 amide bonds. The van der Waals surface area contributed by atoms with Gasteiger partial charge in [-0.05, 0) is 44.0 Å². The molecule has 1 aromatic rings. The van der Waals surface area contributed by atoms with Crippen molar-refractivity contribution in [2.75, 3.05) is 18.6 Å². The molecule has 0 saturated carbocycles. The third kappa shape index (κ3) is 3.37. The summed E-state index contributed by atoms with van der Waals surface area (Å²) < 4.78 is 5.20. The van der Waals surface area contributed by atoms with Crippen molar-refractivity contribution in [2.45, 2.75) is 20.8 Å². The molecule has 0 bridgehead atoms. The maximum Gasteiger partial charge on any atom is 0.328 e. The topological polar surface area (TPSA) is 91.4 Å². The molecule has 0 aliphatic carbocycles. The van der Waals surface area contributed by atoms with E-state index in [1.165, 1.54) is 0 Å². The van der Waals surface area contributed by atoms with Crippen molar-refractivity contribution < 1.29 is 9.53 Å². The first kappa shape index (κ1) is 14.8. The van der Waals surface area contributed by atoms with Gasteiger partial charge in [-0.25, -0.2) is 4.79 Å². The maximum absolute atomic E-state index is 12.0. The minimum Gasteiger partial charge on any atom is -0.497 e. The van der Waals surface area contributed by atoms with Gasteiger partial charge >= 0.3 is 6.03 Å². The lowest BCUT2D eigenvalue weighted by molar-refractivity contribution is 0.250. The fraction of sp³-hybridized carbons (Fsp3) is 0.385. The molecule has 104 valence electrons. The van der Waals surface area contributed by atoms with E-state index in [9.17, 15) is 4.79 Å². The standard InChI is InChI=1S/C13H20N4O2/c1-5-17(13(18)16-12(14)15)11-8(2)6-10(19-4)7-9(11)3/h6-7H,5H2,1-4H3,(H4,14,15,16,18). The van der Waals surface area contributed by atoms with Crippen molar-refractivity contribution in [3.05, 3.63) is 23.3 Å². The second kappa shape index (κ2) is 6.08. The SMILES string of the molecule is CCN(C(=O)NC(=N)N)c1c(C)cc(OC)cc1C. The molecular weight excluding hydrogens is 244 g/mol. The maximum atomic E-state index is 12.0. The smallest absolute Gasteiger partial charge is 0.328 e. The lowest BCUT2D eigenvalue weighted by Crippen LogP contribution is -2.46. The molecule has 0 spiro atoms. The minimum atomic E-state index is -0.411. The van der Waals surface area contributed by atoms with Gasteiger partial charge in [0.05, 0.1) is 12.8 Å². The van der Waals surface area contributed by atoms with Gasteiger partial charge in [0.15, 0.2) is 5.96 Å². The third-order valence-electron chi connectivity index (χ3n) is 2.77. The summed E-state index contributed by atoms with van der Waals surface area (Å²) in [5.41, 5.74) is 7.85. The van der Waals surface area contributed by atoms with Crippen LogP contribution in [0.15, 0.2) is 12.1 Å². The van der Waals surface area contributed by atoms with Crippen LogP contribution in [-0.4, -0.2) is 25.6 Å². The summed E-state index contributed by atoms with van der Waals surface area (Å²) in [4.78, 5) is 13.6. The molecule has 4 N–H and O–H groups in total. The zero-order valence-electron chi connectivity index (χ0n) is 11.7. The normalized spacial score (nSPS) is 9.89. The van der Waals surface area contributed by atoms with Crippen LogP contribution in [0.5, 0.6) is 5.75 Å². The van der Waals surface area contributed by atoms with Gasteiger partial charge in [0.2, 0.25) is 0 Å². The number of nitrogens with one attached hydrogen (secondary N) is 2. The van der Waals surface area contributed by atoms with Gasteiger partial charge < -0.3 is 10.5 Å². The first-order chi connectivity index (χ1) is 8.90. The Labute approximate surface area is 113 Å². The van der Waals surface area contributed by atoms with Crippen LogP contribution in [0.2, 0.25) is 0 Å². The Morgan fingerprint density at radius 3 is 2.32 bits per heavy atom. The molecule has 1 rings (SSSR count). The monoisotopic (exact) mass is 264 g/mol. The average Bonchev–Trinajstić information content (AvgIpc) is 2.32. The highest BCUT2D eigenvalue weighted by molar-refractivity contribution is 6.03. The Morgan fingerprint density at radius 2 is 1.95 bits per heavy atom. The predicted molar refractivity (Wildman–Crippen MR) is 75.9 cm³/mol. The zero-order chi connectivity index (χ0) is 14.6. The van der Waals surface area contributed by atoms with Crippen LogP contribution >= 0.6 is 0 Å². The first-order valence-corrected chi connectivity index (χ1v) is 5.98. The number of amides is 2. The summed E-state index contributed by atoms with van der Waals surface area (Å²) >= 11 is 0. The number of hydrogen-bond donors (Lipinski definition) is 3. The Kier molecular flexibility index (Phi) is 4.74. The highest BCUT2D eigenvalue weighted by atomic mass is 16.5. The molecule has 6 nitrogen and oxygen atoms in total. The molecule has 19 heavy (non-hydrogen) atoms. The lowest BCUT2D eigenvalue weighted by Gasteiger charge is -2.25. The van der Waals surface area contributed by atoms with Gasteiger partial charge in [-0.15, -0.1) is 0 Å². The molecule has 6 heteroatoms. The van der Waals surface area contributed by atoms with Crippen molar-refractivity contribution in [2.24, 2.45) is 5.73 Å². The van der Waals surface area contributed by atoms with E-state index in [-0.39, 0.29) is 5.96 Å². The first-order valence-electron chi connectivity index (χ1n) is 5.98. The van der Waals surface area contributed by atoms with Crippen molar-refractivity contribution in [1.29, 1.82) is 5.41 Å². The number of carbonyl (C=O) groups is 1. The third-order valence-corrected chi connectivity index (χ3v) is 2.77. The highest BCUT2D eigenvalue weighted by Crippen LogP contribution is 2.29. The average molecular weight is 264 g/mol. The minimum absolute atomic E-state index is 0.368. The van der Waals surface area contributed by atoms with Crippen molar-refractivity contribution in [3.63, 3.8) is 0 Å². The Morgan fingerprint density at radius 1 is 1.42 bits per heavy atom. The summed E-state index contributed by atoms with van der Waals surface area (Å²) in [6.45, 7) is 6.17. The van der Waals surface area contributed by atoms with E-state index in [2.05, 4.69) is 5.32 Å². The Bertz CT molecular complexity index is 476. The van der Waals surface area contributed by atoms with E-state index in [0.717, 1.165) is 22.6 Å². The van der Waals surface area contributed by atoms with Gasteiger partial charge in [-0.1, -0.05) is 0 Å². The largest absolute Gasteiger partial charge is 0.497 e.